The molecule has 0 bridgehead atoms. The van der Waals surface area contributed by atoms with E-state index in [1.807, 2.05) is 18.2 Å². The molecular formula is C14H17Br2NO. The molecule has 18 heavy (non-hydrogen) atoms. The first-order valence-electron chi connectivity index (χ1n) is 6.17. The molecule has 0 radical (unpaired) electrons. The zero-order valence-corrected chi connectivity index (χ0v) is 13.8. The van der Waals surface area contributed by atoms with Crippen LogP contribution in [0.4, 0.5) is 0 Å². The van der Waals surface area contributed by atoms with Gasteiger partial charge in [-0.1, -0.05) is 45.7 Å². The van der Waals surface area contributed by atoms with Crippen molar-refractivity contribution in [1.29, 1.82) is 0 Å². The Kier molecular flexibility index (Phi) is 4.17. The average Bonchev–Trinajstić information content (AvgIpc) is 3.05. The van der Waals surface area contributed by atoms with E-state index in [0.717, 1.165) is 15.5 Å². The van der Waals surface area contributed by atoms with Crippen LogP contribution in [0, 0.1) is 11.3 Å². The SMILES string of the molecule is CC(C)C1(CNC(=O)c2cc(Br)cc(Br)c2)CC1. The normalized spacial score (nSPS) is 16.7. The third-order valence-electron chi connectivity index (χ3n) is 3.84. The lowest BCUT2D eigenvalue weighted by atomic mass is 9.92. The Morgan fingerprint density at radius 1 is 1.28 bits per heavy atom. The van der Waals surface area contributed by atoms with E-state index in [4.69, 9.17) is 0 Å². The highest BCUT2D eigenvalue weighted by Gasteiger charge is 2.45. The number of nitrogens with one attached hydrogen (secondary N) is 1. The molecule has 4 heteroatoms. The summed E-state index contributed by atoms with van der Waals surface area (Å²) in [6.45, 7) is 5.25. The number of halogens is 2. The van der Waals surface area contributed by atoms with Crippen molar-refractivity contribution < 1.29 is 4.79 Å². The largest absolute Gasteiger partial charge is 0.351 e. The van der Waals surface area contributed by atoms with E-state index in [9.17, 15) is 4.79 Å². The highest BCUT2D eigenvalue weighted by molar-refractivity contribution is 9.11. The van der Waals surface area contributed by atoms with Crippen LogP contribution >= 0.6 is 31.9 Å². The fourth-order valence-electron chi connectivity index (χ4n) is 2.16. The molecule has 0 heterocycles. The zero-order chi connectivity index (χ0) is 13.3. The Hall–Kier alpha value is -0.350. The average molecular weight is 375 g/mol. The molecule has 2 nitrogen and oxygen atoms in total. The number of rotatable bonds is 4. The van der Waals surface area contributed by atoms with Gasteiger partial charge in [-0.05, 0) is 42.4 Å². The van der Waals surface area contributed by atoms with Crippen LogP contribution in [0.25, 0.3) is 0 Å². The molecule has 0 aliphatic heterocycles. The van der Waals surface area contributed by atoms with E-state index >= 15 is 0 Å². The molecule has 0 spiro atoms. The zero-order valence-electron chi connectivity index (χ0n) is 10.6. The predicted molar refractivity (Wildman–Crippen MR) is 80.7 cm³/mol. The van der Waals surface area contributed by atoms with Gasteiger partial charge in [-0.3, -0.25) is 4.79 Å². The Morgan fingerprint density at radius 2 is 1.83 bits per heavy atom. The third-order valence-corrected chi connectivity index (χ3v) is 4.76. The highest BCUT2D eigenvalue weighted by Crippen LogP contribution is 2.51. The lowest BCUT2D eigenvalue weighted by molar-refractivity contribution is 0.0939. The second-order valence-corrected chi connectivity index (χ2v) is 7.19. The summed E-state index contributed by atoms with van der Waals surface area (Å²) < 4.78 is 1.82. The van der Waals surface area contributed by atoms with E-state index in [2.05, 4.69) is 51.0 Å². The summed E-state index contributed by atoms with van der Waals surface area (Å²) in [7, 11) is 0. The highest BCUT2D eigenvalue weighted by atomic mass is 79.9. The summed E-state index contributed by atoms with van der Waals surface area (Å²) >= 11 is 6.79. The van der Waals surface area contributed by atoms with E-state index in [1.165, 1.54) is 12.8 Å². The number of benzene rings is 1. The predicted octanol–water partition coefficient (Wildman–Crippen LogP) is 4.38. The van der Waals surface area contributed by atoms with Crippen molar-refractivity contribution in [3.05, 3.63) is 32.7 Å². The maximum Gasteiger partial charge on any atom is 0.251 e. The molecule has 1 saturated carbocycles. The van der Waals surface area contributed by atoms with Gasteiger partial charge in [0.1, 0.15) is 0 Å². The molecule has 0 atom stereocenters. The van der Waals surface area contributed by atoms with Gasteiger partial charge < -0.3 is 5.32 Å². The van der Waals surface area contributed by atoms with Crippen LogP contribution in [0.3, 0.4) is 0 Å². The Morgan fingerprint density at radius 3 is 2.28 bits per heavy atom. The summed E-state index contributed by atoms with van der Waals surface area (Å²) in [6.07, 6.45) is 2.46. The Labute approximate surface area is 125 Å². The van der Waals surface area contributed by atoms with Gasteiger partial charge in [0.05, 0.1) is 0 Å². The van der Waals surface area contributed by atoms with Gasteiger partial charge >= 0.3 is 0 Å². The smallest absolute Gasteiger partial charge is 0.251 e. The second kappa shape index (κ2) is 5.33. The number of carbonyl (C=O) groups is 1. The minimum atomic E-state index is 0.00363. The summed E-state index contributed by atoms with van der Waals surface area (Å²) in [6, 6.07) is 5.61. The molecule has 1 aromatic carbocycles. The molecule has 1 amide bonds. The van der Waals surface area contributed by atoms with E-state index in [1.54, 1.807) is 0 Å². The Bertz CT molecular complexity index is 447. The lowest BCUT2D eigenvalue weighted by Crippen LogP contribution is -2.32. The Balaban J connectivity index is 2.00. The number of amides is 1. The topological polar surface area (TPSA) is 29.1 Å². The maximum atomic E-state index is 12.1. The van der Waals surface area contributed by atoms with Gasteiger partial charge in [0.25, 0.3) is 5.91 Å². The van der Waals surface area contributed by atoms with Crippen LogP contribution in [0.2, 0.25) is 0 Å². The van der Waals surface area contributed by atoms with Crippen LogP contribution in [0.1, 0.15) is 37.0 Å². The molecule has 2 rings (SSSR count). The fourth-order valence-corrected chi connectivity index (χ4v) is 3.46. The van der Waals surface area contributed by atoms with Crippen molar-refractivity contribution in [2.45, 2.75) is 26.7 Å². The van der Waals surface area contributed by atoms with Crippen LogP contribution in [-0.2, 0) is 0 Å². The van der Waals surface area contributed by atoms with Crippen LogP contribution < -0.4 is 5.32 Å². The molecular weight excluding hydrogens is 358 g/mol. The van der Waals surface area contributed by atoms with Crippen LogP contribution in [0.5, 0.6) is 0 Å². The van der Waals surface area contributed by atoms with Gasteiger partial charge in [0, 0.05) is 21.1 Å². The monoisotopic (exact) mass is 373 g/mol. The van der Waals surface area contributed by atoms with Gasteiger partial charge in [0.15, 0.2) is 0 Å². The maximum absolute atomic E-state index is 12.1. The quantitative estimate of drug-likeness (QED) is 0.832. The van der Waals surface area contributed by atoms with Gasteiger partial charge in [-0.25, -0.2) is 0 Å². The molecule has 98 valence electrons. The lowest BCUT2D eigenvalue weighted by Gasteiger charge is -2.20. The molecule has 0 saturated heterocycles. The summed E-state index contributed by atoms with van der Waals surface area (Å²) in [4.78, 5) is 12.1. The van der Waals surface area contributed by atoms with E-state index < -0.39 is 0 Å². The van der Waals surface area contributed by atoms with Gasteiger partial charge in [-0.2, -0.15) is 0 Å². The number of carbonyl (C=O) groups excluding carboxylic acids is 1. The van der Waals surface area contributed by atoms with Crippen molar-refractivity contribution in [3.8, 4) is 0 Å². The molecule has 0 aromatic heterocycles. The number of hydrogen-bond acceptors (Lipinski definition) is 1. The molecule has 1 fully saturated rings. The van der Waals surface area contributed by atoms with Crippen LogP contribution in [0.15, 0.2) is 27.1 Å². The fraction of sp³-hybridized carbons (Fsp3) is 0.500. The second-order valence-electron chi connectivity index (χ2n) is 5.36. The first-order chi connectivity index (χ1) is 8.43. The number of hydrogen-bond donors (Lipinski definition) is 1. The minimum absolute atomic E-state index is 0.00363. The van der Waals surface area contributed by atoms with Crippen molar-refractivity contribution in [3.63, 3.8) is 0 Å². The van der Waals surface area contributed by atoms with Crippen LogP contribution in [-0.4, -0.2) is 12.5 Å². The van der Waals surface area contributed by atoms with Crippen molar-refractivity contribution in [1.82, 2.24) is 5.32 Å². The standard InChI is InChI=1S/C14H17Br2NO/c1-9(2)14(3-4-14)8-17-13(18)10-5-11(15)7-12(16)6-10/h5-7,9H,3-4,8H2,1-2H3,(H,17,18). The first-order valence-corrected chi connectivity index (χ1v) is 7.76. The van der Waals surface area contributed by atoms with E-state index in [-0.39, 0.29) is 5.91 Å². The van der Waals surface area contributed by atoms with Crippen molar-refractivity contribution in [2.75, 3.05) is 6.54 Å². The summed E-state index contributed by atoms with van der Waals surface area (Å²) in [5.41, 5.74) is 1.04. The summed E-state index contributed by atoms with van der Waals surface area (Å²) in [5.74, 6) is 0.635. The van der Waals surface area contributed by atoms with Gasteiger partial charge in [-0.15, -0.1) is 0 Å². The molecule has 0 unspecified atom stereocenters. The third kappa shape index (κ3) is 3.15. The summed E-state index contributed by atoms with van der Waals surface area (Å²) in [5, 5.41) is 3.06. The first kappa shape index (κ1) is 14.1. The molecule has 1 aliphatic carbocycles. The molecule has 1 aliphatic rings. The minimum Gasteiger partial charge on any atom is -0.351 e. The molecule has 1 N–H and O–H groups in total. The molecule has 1 aromatic rings. The van der Waals surface area contributed by atoms with Crippen molar-refractivity contribution in [2.24, 2.45) is 11.3 Å². The van der Waals surface area contributed by atoms with E-state index in [0.29, 0.717) is 16.9 Å². The van der Waals surface area contributed by atoms with Crippen molar-refractivity contribution >= 4 is 37.8 Å². The van der Waals surface area contributed by atoms with Gasteiger partial charge in [0.2, 0.25) is 0 Å².